The highest BCUT2D eigenvalue weighted by Crippen LogP contribution is 2.52. The molecule has 6 heteroatoms. The van der Waals surface area contributed by atoms with Gasteiger partial charge < -0.3 is 10.2 Å². The molecule has 0 heterocycles. The van der Waals surface area contributed by atoms with E-state index >= 15 is 0 Å². The SMILES string of the molecule is Cc1c(O)c(C)c(Br)c(C(C)(C)c2c(Br)c(C)c(O)c(C)c2Br)c1Br. The second-order valence-corrected chi connectivity index (χ2v) is 10.0. The van der Waals surface area contributed by atoms with E-state index in [1.165, 1.54) is 0 Å². The molecule has 0 radical (unpaired) electrons. The molecule has 0 aromatic heterocycles. The number of phenols is 2. The fourth-order valence-corrected chi connectivity index (χ4v) is 7.20. The van der Waals surface area contributed by atoms with Gasteiger partial charge in [0.15, 0.2) is 0 Å². The van der Waals surface area contributed by atoms with E-state index in [0.717, 1.165) is 51.3 Å². The predicted octanol–water partition coefficient (Wildman–Crippen LogP) is 7.71. The predicted molar refractivity (Wildman–Crippen MR) is 118 cm³/mol. The molecule has 25 heavy (non-hydrogen) atoms. The van der Waals surface area contributed by atoms with E-state index < -0.39 is 5.41 Å². The number of hydrogen-bond acceptors (Lipinski definition) is 2. The average molecular weight is 600 g/mol. The van der Waals surface area contributed by atoms with E-state index in [1.54, 1.807) is 0 Å². The summed E-state index contributed by atoms with van der Waals surface area (Å²) in [7, 11) is 0. The minimum atomic E-state index is -0.415. The highest BCUT2D eigenvalue weighted by molar-refractivity contribution is 9.11. The standard InChI is InChI=1S/C19H20Br4O2/c1-7-13(20)11(14(21)8(2)17(7)24)19(5,6)12-15(22)9(3)18(25)10(4)16(12)23/h24-25H,1-6H3. The van der Waals surface area contributed by atoms with E-state index in [2.05, 4.69) is 77.6 Å². The van der Waals surface area contributed by atoms with Crippen LogP contribution < -0.4 is 0 Å². The Labute approximate surface area is 182 Å². The van der Waals surface area contributed by atoms with Crippen LogP contribution in [0.4, 0.5) is 0 Å². The Bertz CT molecular complexity index is 756. The smallest absolute Gasteiger partial charge is 0.123 e. The molecule has 2 aromatic rings. The number of benzene rings is 2. The van der Waals surface area contributed by atoms with Crippen LogP contribution in [0.5, 0.6) is 11.5 Å². The van der Waals surface area contributed by atoms with Gasteiger partial charge in [-0.05, 0) is 38.8 Å². The lowest BCUT2D eigenvalue weighted by Gasteiger charge is -2.33. The molecule has 0 aliphatic carbocycles. The fraction of sp³-hybridized carbons (Fsp3) is 0.368. The van der Waals surface area contributed by atoms with Gasteiger partial charge in [-0.3, -0.25) is 0 Å². The molecular weight excluding hydrogens is 580 g/mol. The summed E-state index contributed by atoms with van der Waals surface area (Å²) in [6.45, 7) is 11.9. The van der Waals surface area contributed by atoms with Crippen LogP contribution >= 0.6 is 63.7 Å². The molecule has 0 atom stereocenters. The van der Waals surface area contributed by atoms with E-state index in [9.17, 15) is 10.2 Å². The van der Waals surface area contributed by atoms with Crippen LogP contribution in [0.15, 0.2) is 17.9 Å². The number of rotatable bonds is 2. The van der Waals surface area contributed by atoms with Crippen LogP contribution in [0.2, 0.25) is 0 Å². The Morgan fingerprint density at radius 3 is 0.960 bits per heavy atom. The van der Waals surface area contributed by atoms with Crippen LogP contribution in [0, 0.1) is 27.7 Å². The number of halogens is 4. The Hall–Kier alpha value is -0.0400. The first-order valence-electron chi connectivity index (χ1n) is 7.70. The van der Waals surface area contributed by atoms with Crippen molar-refractivity contribution in [2.75, 3.05) is 0 Å². The summed E-state index contributed by atoms with van der Waals surface area (Å²) in [4.78, 5) is 0. The molecule has 0 saturated heterocycles. The maximum absolute atomic E-state index is 10.4. The van der Waals surface area contributed by atoms with Gasteiger partial charge in [-0.2, -0.15) is 0 Å². The topological polar surface area (TPSA) is 40.5 Å². The van der Waals surface area contributed by atoms with E-state index in [4.69, 9.17) is 0 Å². The summed E-state index contributed by atoms with van der Waals surface area (Å²) in [6, 6.07) is 0. The van der Waals surface area contributed by atoms with Crippen molar-refractivity contribution >= 4 is 63.7 Å². The van der Waals surface area contributed by atoms with Crippen LogP contribution in [-0.2, 0) is 5.41 Å². The quantitative estimate of drug-likeness (QED) is 0.371. The van der Waals surface area contributed by atoms with Crippen LogP contribution in [-0.4, -0.2) is 10.2 Å². The molecule has 136 valence electrons. The zero-order valence-corrected chi connectivity index (χ0v) is 21.3. The monoisotopic (exact) mass is 596 g/mol. The molecule has 2 nitrogen and oxygen atoms in total. The Balaban J connectivity index is 2.96. The Morgan fingerprint density at radius 2 is 0.760 bits per heavy atom. The van der Waals surface area contributed by atoms with Crippen molar-refractivity contribution in [2.45, 2.75) is 47.0 Å². The first-order chi connectivity index (χ1) is 11.4. The molecule has 0 unspecified atom stereocenters. The molecule has 2 N–H and O–H groups in total. The van der Waals surface area contributed by atoms with Crippen molar-refractivity contribution in [3.63, 3.8) is 0 Å². The third kappa shape index (κ3) is 3.21. The maximum Gasteiger partial charge on any atom is 0.123 e. The van der Waals surface area contributed by atoms with E-state index in [0.29, 0.717) is 0 Å². The minimum absolute atomic E-state index is 0.287. The van der Waals surface area contributed by atoms with Gasteiger partial charge in [0.2, 0.25) is 0 Å². The van der Waals surface area contributed by atoms with Crippen molar-refractivity contribution in [3.05, 3.63) is 51.3 Å². The van der Waals surface area contributed by atoms with E-state index in [1.807, 2.05) is 27.7 Å². The molecule has 0 spiro atoms. The largest absolute Gasteiger partial charge is 0.507 e. The summed E-state index contributed by atoms with van der Waals surface area (Å²) in [6.07, 6.45) is 0. The molecule has 2 rings (SSSR count). The normalized spacial score (nSPS) is 11.9. The average Bonchev–Trinajstić information content (AvgIpc) is 2.54. The lowest BCUT2D eigenvalue weighted by atomic mass is 9.76. The number of phenolic OH excluding ortho intramolecular Hbond substituents is 2. The van der Waals surface area contributed by atoms with Gasteiger partial charge in [-0.1, -0.05) is 77.6 Å². The van der Waals surface area contributed by atoms with Gasteiger partial charge in [0.05, 0.1) is 0 Å². The lowest BCUT2D eigenvalue weighted by Crippen LogP contribution is -2.23. The second kappa shape index (κ2) is 7.17. The van der Waals surface area contributed by atoms with Crippen LogP contribution in [0.25, 0.3) is 0 Å². The molecule has 0 aliphatic rings. The fourth-order valence-electron chi connectivity index (χ4n) is 3.14. The third-order valence-electron chi connectivity index (χ3n) is 4.87. The first kappa shape index (κ1) is 21.3. The summed E-state index contributed by atoms with van der Waals surface area (Å²) >= 11 is 14.7. The zero-order chi connectivity index (χ0) is 19.4. The first-order valence-corrected chi connectivity index (χ1v) is 10.9. The van der Waals surface area contributed by atoms with Crippen molar-refractivity contribution in [3.8, 4) is 11.5 Å². The van der Waals surface area contributed by atoms with Crippen molar-refractivity contribution in [1.29, 1.82) is 0 Å². The van der Waals surface area contributed by atoms with Gasteiger partial charge >= 0.3 is 0 Å². The van der Waals surface area contributed by atoms with Crippen LogP contribution in [0.1, 0.15) is 47.2 Å². The molecule has 2 aromatic carbocycles. The van der Waals surface area contributed by atoms with Gasteiger partial charge in [-0.15, -0.1) is 0 Å². The van der Waals surface area contributed by atoms with Crippen molar-refractivity contribution < 1.29 is 10.2 Å². The Kier molecular flexibility index (Phi) is 6.10. The molecule has 0 bridgehead atoms. The summed E-state index contributed by atoms with van der Waals surface area (Å²) in [5.41, 5.74) is 4.91. The highest BCUT2D eigenvalue weighted by atomic mass is 79.9. The Morgan fingerprint density at radius 1 is 0.560 bits per heavy atom. The van der Waals surface area contributed by atoms with Gasteiger partial charge in [0, 0.05) is 45.6 Å². The van der Waals surface area contributed by atoms with Crippen LogP contribution in [0.3, 0.4) is 0 Å². The van der Waals surface area contributed by atoms with Gasteiger partial charge in [0.1, 0.15) is 11.5 Å². The number of aromatic hydroxyl groups is 2. The van der Waals surface area contributed by atoms with Crippen molar-refractivity contribution in [2.24, 2.45) is 0 Å². The third-order valence-corrected chi connectivity index (χ3v) is 8.83. The lowest BCUT2D eigenvalue weighted by molar-refractivity contribution is 0.463. The maximum atomic E-state index is 10.4. The summed E-state index contributed by atoms with van der Waals surface area (Å²) in [5.74, 6) is 0.573. The second-order valence-electron chi connectivity index (χ2n) is 6.83. The summed E-state index contributed by atoms with van der Waals surface area (Å²) < 4.78 is 3.48. The molecule has 0 aliphatic heterocycles. The van der Waals surface area contributed by atoms with Gasteiger partial charge in [0.25, 0.3) is 0 Å². The van der Waals surface area contributed by atoms with Crippen molar-refractivity contribution in [1.82, 2.24) is 0 Å². The van der Waals surface area contributed by atoms with Gasteiger partial charge in [-0.25, -0.2) is 0 Å². The van der Waals surface area contributed by atoms with E-state index in [-0.39, 0.29) is 11.5 Å². The molecule has 0 saturated carbocycles. The molecule has 0 fully saturated rings. The summed E-state index contributed by atoms with van der Waals surface area (Å²) in [5, 5.41) is 20.7. The minimum Gasteiger partial charge on any atom is -0.507 e. The highest BCUT2D eigenvalue weighted by Gasteiger charge is 2.35. The number of hydrogen-bond donors (Lipinski definition) is 2. The molecule has 0 amide bonds. The molecular formula is C19H20Br4O2. The zero-order valence-electron chi connectivity index (χ0n) is 14.9.